The lowest BCUT2D eigenvalue weighted by Crippen LogP contribution is -2.22. The molecule has 0 aliphatic heterocycles. The maximum atomic E-state index is 13.5. The van der Waals surface area contributed by atoms with Gasteiger partial charge in [0.1, 0.15) is 11.4 Å². The number of aliphatic hydroxyl groups is 1. The van der Waals surface area contributed by atoms with Gasteiger partial charge in [-0.3, -0.25) is 4.68 Å². The molecule has 17 heavy (non-hydrogen) atoms. The molecule has 0 spiro atoms. The minimum Gasteiger partial charge on any atom is -0.381 e. The van der Waals surface area contributed by atoms with Crippen molar-refractivity contribution in [2.75, 3.05) is 0 Å². The van der Waals surface area contributed by atoms with Crippen LogP contribution >= 0.6 is 0 Å². The summed E-state index contributed by atoms with van der Waals surface area (Å²) in [5, 5.41) is 14.5. The van der Waals surface area contributed by atoms with Crippen molar-refractivity contribution in [1.29, 1.82) is 0 Å². The monoisotopic (exact) mass is 234 g/mol. The quantitative estimate of drug-likeness (QED) is 0.864. The molecule has 2 rings (SSSR count). The Kier molecular flexibility index (Phi) is 2.75. The van der Waals surface area contributed by atoms with Crippen molar-refractivity contribution in [2.45, 2.75) is 19.4 Å². The number of halogens is 1. The third-order valence-corrected chi connectivity index (χ3v) is 3.00. The van der Waals surface area contributed by atoms with Crippen LogP contribution in [0.3, 0.4) is 0 Å². The molecule has 4 heteroatoms. The molecule has 90 valence electrons. The molecule has 1 aromatic heterocycles. The van der Waals surface area contributed by atoms with E-state index >= 15 is 0 Å². The molecule has 1 N–H and O–H groups in total. The van der Waals surface area contributed by atoms with E-state index in [4.69, 9.17) is 0 Å². The zero-order chi connectivity index (χ0) is 12.6. The van der Waals surface area contributed by atoms with Gasteiger partial charge in [0.25, 0.3) is 0 Å². The minimum atomic E-state index is -1.23. The number of aryl methyl sites for hydroxylation is 2. The molecule has 1 heterocycles. The number of aromatic nitrogens is 2. The lowest BCUT2D eigenvalue weighted by molar-refractivity contribution is 0.102. The molecule has 1 aromatic carbocycles. The van der Waals surface area contributed by atoms with E-state index in [2.05, 4.69) is 5.10 Å². The van der Waals surface area contributed by atoms with Crippen LogP contribution in [0, 0.1) is 12.7 Å². The summed E-state index contributed by atoms with van der Waals surface area (Å²) in [6, 6.07) is 4.75. The van der Waals surface area contributed by atoms with Crippen LogP contribution in [0.25, 0.3) is 0 Å². The van der Waals surface area contributed by atoms with Gasteiger partial charge in [0.15, 0.2) is 0 Å². The largest absolute Gasteiger partial charge is 0.381 e. The number of rotatable bonds is 2. The normalized spacial score (nSPS) is 14.6. The van der Waals surface area contributed by atoms with Crippen molar-refractivity contribution in [1.82, 2.24) is 9.78 Å². The SMILES string of the molecule is Cc1ccc(C(C)(O)c2cnn(C)c2)cc1F. The van der Waals surface area contributed by atoms with Crippen molar-refractivity contribution in [3.63, 3.8) is 0 Å². The van der Waals surface area contributed by atoms with E-state index in [1.807, 2.05) is 0 Å². The molecule has 0 aliphatic rings. The molecule has 3 nitrogen and oxygen atoms in total. The maximum absolute atomic E-state index is 13.5. The van der Waals surface area contributed by atoms with Gasteiger partial charge in [-0.25, -0.2) is 4.39 Å². The van der Waals surface area contributed by atoms with E-state index in [1.165, 1.54) is 6.07 Å². The average molecular weight is 234 g/mol. The van der Waals surface area contributed by atoms with Gasteiger partial charge >= 0.3 is 0 Å². The van der Waals surface area contributed by atoms with Gasteiger partial charge < -0.3 is 5.11 Å². The van der Waals surface area contributed by atoms with Crippen LogP contribution < -0.4 is 0 Å². The number of benzene rings is 1. The van der Waals surface area contributed by atoms with Gasteiger partial charge in [-0.15, -0.1) is 0 Å². The highest BCUT2D eigenvalue weighted by molar-refractivity contribution is 5.35. The van der Waals surface area contributed by atoms with Crippen molar-refractivity contribution >= 4 is 0 Å². The van der Waals surface area contributed by atoms with Gasteiger partial charge in [-0.2, -0.15) is 5.10 Å². The molecule has 0 fully saturated rings. The van der Waals surface area contributed by atoms with Crippen LogP contribution in [0.5, 0.6) is 0 Å². The van der Waals surface area contributed by atoms with Gasteiger partial charge in [0.2, 0.25) is 0 Å². The van der Waals surface area contributed by atoms with Crippen molar-refractivity contribution in [2.24, 2.45) is 7.05 Å². The molecule has 0 saturated carbocycles. The third kappa shape index (κ3) is 2.08. The van der Waals surface area contributed by atoms with Gasteiger partial charge in [-0.05, 0) is 31.0 Å². The fourth-order valence-corrected chi connectivity index (χ4v) is 1.73. The topological polar surface area (TPSA) is 38.1 Å². The Hall–Kier alpha value is -1.68. The highest BCUT2D eigenvalue weighted by atomic mass is 19.1. The first-order valence-electron chi connectivity index (χ1n) is 5.39. The van der Waals surface area contributed by atoms with Gasteiger partial charge in [0.05, 0.1) is 6.20 Å². The molecule has 1 atom stereocenters. The first kappa shape index (κ1) is 11.8. The molecule has 1 unspecified atom stereocenters. The predicted octanol–water partition coefficient (Wildman–Crippen LogP) is 2.12. The fraction of sp³-hybridized carbons (Fsp3) is 0.308. The number of hydrogen-bond donors (Lipinski definition) is 1. The molecular weight excluding hydrogens is 219 g/mol. The molecule has 0 aliphatic carbocycles. The fourth-order valence-electron chi connectivity index (χ4n) is 1.73. The summed E-state index contributed by atoms with van der Waals surface area (Å²) < 4.78 is 15.1. The Morgan fingerprint density at radius 1 is 1.35 bits per heavy atom. The van der Waals surface area contributed by atoms with Crippen LogP contribution in [0.1, 0.15) is 23.6 Å². The lowest BCUT2D eigenvalue weighted by atomic mass is 9.90. The molecule has 2 aromatic rings. The summed E-state index contributed by atoms with van der Waals surface area (Å²) in [6.45, 7) is 3.33. The van der Waals surface area contributed by atoms with Gasteiger partial charge in [-0.1, -0.05) is 12.1 Å². The summed E-state index contributed by atoms with van der Waals surface area (Å²) >= 11 is 0. The van der Waals surface area contributed by atoms with Crippen LogP contribution in [-0.4, -0.2) is 14.9 Å². The van der Waals surface area contributed by atoms with E-state index < -0.39 is 5.60 Å². The predicted molar refractivity (Wildman–Crippen MR) is 63.0 cm³/mol. The minimum absolute atomic E-state index is 0.313. The number of nitrogens with zero attached hydrogens (tertiary/aromatic N) is 2. The molecule has 0 radical (unpaired) electrons. The van der Waals surface area contributed by atoms with E-state index in [-0.39, 0.29) is 5.82 Å². The van der Waals surface area contributed by atoms with E-state index in [1.54, 1.807) is 50.1 Å². The first-order valence-corrected chi connectivity index (χ1v) is 5.39. The Morgan fingerprint density at radius 2 is 2.06 bits per heavy atom. The van der Waals surface area contributed by atoms with Gasteiger partial charge in [0, 0.05) is 18.8 Å². The van der Waals surface area contributed by atoms with Crippen LogP contribution in [0.15, 0.2) is 30.6 Å². The Labute approximate surface area is 99.5 Å². The first-order chi connectivity index (χ1) is 7.91. The summed E-state index contributed by atoms with van der Waals surface area (Å²) in [4.78, 5) is 0. The molecule has 0 saturated heterocycles. The smallest absolute Gasteiger partial charge is 0.126 e. The number of hydrogen-bond acceptors (Lipinski definition) is 2. The Balaban J connectivity index is 2.47. The summed E-state index contributed by atoms with van der Waals surface area (Å²) in [5.41, 5.74) is 0.496. The second-order valence-electron chi connectivity index (χ2n) is 4.44. The lowest BCUT2D eigenvalue weighted by Gasteiger charge is -2.22. The second kappa shape index (κ2) is 3.96. The van der Waals surface area contributed by atoms with E-state index in [0.29, 0.717) is 16.7 Å². The zero-order valence-corrected chi connectivity index (χ0v) is 10.1. The standard InChI is InChI=1S/C13H15FN2O/c1-9-4-5-10(6-12(9)14)13(2,17)11-7-15-16(3)8-11/h4-8,17H,1-3H3. The highest BCUT2D eigenvalue weighted by Gasteiger charge is 2.27. The van der Waals surface area contributed by atoms with Crippen molar-refractivity contribution in [3.05, 3.63) is 53.1 Å². The maximum Gasteiger partial charge on any atom is 0.126 e. The van der Waals surface area contributed by atoms with Crippen LogP contribution in [-0.2, 0) is 12.6 Å². The van der Waals surface area contributed by atoms with E-state index in [0.717, 1.165) is 0 Å². The Morgan fingerprint density at radius 3 is 2.59 bits per heavy atom. The summed E-state index contributed by atoms with van der Waals surface area (Å²) in [6.07, 6.45) is 3.30. The summed E-state index contributed by atoms with van der Waals surface area (Å²) in [7, 11) is 1.77. The molecular formula is C13H15FN2O. The zero-order valence-electron chi connectivity index (χ0n) is 10.1. The van der Waals surface area contributed by atoms with E-state index in [9.17, 15) is 9.50 Å². The third-order valence-electron chi connectivity index (χ3n) is 3.00. The summed E-state index contributed by atoms with van der Waals surface area (Å²) in [5.74, 6) is -0.313. The van der Waals surface area contributed by atoms with Crippen LogP contribution in [0.4, 0.5) is 4.39 Å². The Bertz CT molecular complexity index is 546. The highest BCUT2D eigenvalue weighted by Crippen LogP contribution is 2.29. The molecule has 0 amide bonds. The van der Waals surface area contributed by atoms with Crippen LogP contribution in [0.2, 0.25) is 0 Å². The molecule has 0 bridgehead atoms. The average Bonchev–Trinajstić information content (AvgIpc) is 2.69. The van der Waals surface area contributed by atoms with Crippen molar-refractivity contribution < 1.29 is 9.50 Å². The second-order valence-corrected chi connectivity index (χ2v) is 4.44. The van der Waals surface area contributed by atoms with Crippen molar-refractivity contribution in [3.8, 4) is 0 Å².